The molecule has 13 heavy (non-hydrogen) atoms. The SMILES string of the molecule is C=CC([N]C(C=C)C(=O)O)C(=O)O. The lowest BCUT2D eigenvalue weighted by Crippen LogP contribution is -2.39. The summed E-state index contributed by atoms with van der Waals surface area (Å²) in [6.45, 7) is 6.45. The molecule has 5 nitrogen and oxygen atoms in total. The lowest BCUT2D eigenvalue weighted by molar-refractivity contribution is -0.140. The number of hydrogen-bond donors (Lipinski definition) is 2. The molecular weight excluding hydrogens is 174 g/mol. The minimum Gasteiger partial charge on any atom is -0.480 e. The lowest BCUT2D eigenvalue weighted by Gasteiger charge is -2.11. The number of nitrogens with zero attached hydrogens (tertiary/aromatic N) is 1. The second-order valence-electron chi connectivity index (χ2n) is 2.19. The normalized spacial score (nSPS) is 14.2. The molecule has 2 atom stereocenters. The van der Waals surface area contributed by atoms with Gasteiger partial charge in [0.15, 0.2) is 0 Å². The summed E-state index contributed by atoms with van der Waals surface area (Å²) < 4.78 is 0. The first-order valence-corrected chi connectivity index (χ1v) is 3.43. The molecule has 71 valence electrons. The summed E-state index contributed by atoms with van der Waals surface area (Å²) >= 11 is 0. The van der Waals surface area contributed by atoms with Gasteiger partial charge in [-0.05, 0) is 0 Å². The quantitative estimate of drug-likeness (QED) is 0.563. The second kappa shape index (κ2) is 5.10. The van der Waals surface area contributed by atoms with Gasteiger partial charge in [-0.15, -0.1) is 13.2 Å². The Bertz CT molecular complexity index is 212. The van der Waals surface area contributed by atoms with Gasteiger partial charge in [-0.3, -0.25) is 9.59 Å². The van der Waals surface area contributed by atoms with Crippen molar-refractivity contribution in [3.05, 3.63) is 25.3 Å². The molecule has 0 aliphatic carbocycles. The van der Waals surface area contributed by atoms with E-state index in [0.717, 1.165) is 12.2 Å². The van der Waals surface area contributed by atoms with Gasteiger partial charge in [0.2, 0.25) is 0 Å². The molecule has 0 aromatic carbocycles. The Labute approximate surface area is 75.4 Å². The third-order valence-electron chi connectivity index (χ3n) is 1.27. The summed E-state index contributed by atoms with van der Waals surface area (Å²) in [4.78, 5) is 20.8. The summed E-state index contributed by atoms with van der Waals surface area (Å²) in [5, 5.41) is 20.5. The molecule has 0 rings (SSSR count). The fraction of sp³-hybridized carbons (Fsp3) is 0.250. The molecule has 0 aliphatic rings. The molecule has 0 saturated carbocycles. The second-order valence-corrected chi connectivity index (χ2v) is 2.19. The van der Waals surface area contributed by atoms with Gasteiger partial charge in [0.05, 0.1) is 0 Å². The van der Waals surface area contributed by atoms with Crippen LogP contribution in [0.5, 0.6) is 0 Å². The molecule has 0 aromatic rings. The van der Waals surface area contributed by atoms with Crippen molar-refractivity contribution in [2.45, 2.75) is 12.1 Å². The molecule has 0 amide bonds. The zero-order valence-electron chi connectivity index (χ0n) is 6.88. The van der Waals surface area contributed by atoms with Gasteiger partial charge < -0.3 is 10.2 Å². The van der Waals surface area contributed by atoms with Gasteiger partial charge in [0, 0.05) is 0 Å². The van der Waals surface area contributed by atoms with E-state index in [2.05, 4.69) is 18.5 Å². The van der Waals surface area contributed by atoms with Crippen LogP contribution in [0.15, 0.2) is 25.3 Å². The molecular formula is C8H10NO4. The zero-order valence-corrected chi connectivity index (χ0v) is 6.88. The van der Waals surface area contributed by atoms with Gasteiger partial charge in [0.25, 0.3) is 0 Å². The van der Waals surface area contributed by atoms with Crippen molar-refractivity contribution in [2.75, 3.05) is 0 Å². The van der Waals surface area contributed by atoms with Crippen LogP contribution in [-0.2, 0) is 9.59 Å². The third kappa shape index (κ3) is 3.53. The first-order valence-electron chi connectivity index (χ1n) is 3.43. The molecule has 0 spiro atoms. The van der Waals surface area contributed by atoms with E-state index >= 15 is 0 Å². The molecule has 0 saturated heterocycles. The Kier molecular flexibility index (Phi) is 4.47. The zero-order chi connectivity index (χ0) is 10.4. The fourth-order valence-corrected chi connectivity index (χ4v) is 0.624. The lowest BCUT2D eigenvalue weighted by atomic mass is 10.2. The predicted molar refractivity (Wildman–Crippen MR) is 45.4 cm³/mol. The molecule has 0 heterocycles. The van der Waals surface area contributed by atoms with Crippen LogP contribution in [0.1, 0.15) is 0 Å². The van der Waals surface area contributed by atoms with Crippen molar-refractivity contribution < 1.29 is 19.8 Å². The van der Waals surface area contributed by atoms with Crippen molar-refractivity contribution in [3.8, 4) is 0 Å². The summed E-state index contributed by atoms with van der Waals surface area (Å²) in [6.07, 6.45) is 2.11. The van der Waals surface area contributed by atoms with Crippen molar-refractivity contribution in [2.24, 2.45) is 0 Å². The van der Waals surface area contributed by atoms with E-state index in [1.165, 1.54) is 0 Å². The van der Waals surface area contributed by atoms with Gasteiger partial charge in [-0.1, -0.05) is 12.2 Å². The van der Waals surface area contributed by atoms with Crippen molar-refractivity contribution >= 4 is 11.9 Å². The maximum atomic E-state index is 10.4. The minimum absolute atomic E-state index is 1.06. The number of carboxylic acids is 2. The van der Waals surface area contributed by atoms with Crippen molar-refractivity contribution in [3.63, 3.8) is 0 Å². The van der Waals surface area contributed by atoms with Gasteiger partial charge >= 0.3 is 11.9 Å². The highest BCUT2D eigenvalue weighted by molar-refractivity contribution is 5.79. The molecule has 0 aliphatic heterocycles. The molecule has 1 radical (unpaired) electrons. The molecule has 0 fully saturated rings. The highest BCUT2D eigenvalue weighted by atomic mass is 16.4. The van der Waals surface area contributed by atoms with Gasteiger partial charge in [0.1, 0.15) is 12.1 Å². The van der Waals surface area contributed by atoms with Crippen LogP contribution in [0.25, 0.3) is 0 Å². The van der Waals surface area contributed by atoms with E-state index in [1.54, 1.807) is 0 Å². The average molecular weight is 184 g/mol. The summed E-state index contributed by atoms with van der Waals surface area (Å²) in [7, 11) is 0. The largest absolute Gasteiger partial charge is 0.480 e. The predicted octanol–water partition coefficient (Wildman–Crippen LogP) is -0.131. The van der Waals surface area contributed by atoms with Crippen LogP contribution in [0, 0.1) is 0 Å². The van der Waals surface area contributed by atoms with Crippen LogP contribution in [0.3, 0.4) is 0 Å². The molecule has 0 aromatic heterocycles. The maximum absolute atomic E-state index is 10.4. The van der Waals surface area contributed by atoms with Crippen LogP contribution in [0.2, 0.25) is 0 Å². The highest BCUT2D eigenvalue weighted by Gasteiger charge is 2.22. The monoisotopic (exact) mass is 184 g/mol. The standard InChI is InChI=1S/C8H10NO4/c1-3-5(7(10)11)9-6(4-2)8(12)13/h3-6H,1-2H2,(H,10,11)(H,12,13). The van der Waals surface area contributed by atoms with E-state index in [9.17, 15) is 9.59 Å². The van der Waals surface area contributed by atoms with Gasteiger partial charge in [-0.25, -0.2) is 5.32 Å². The Hall–Kier alpha value is -1.62. The van der Waals surface area contributed by atoms with Crippen LogP contribution in [-0.4, -0.2) is 34.2 Å². The number of hydrogen-bond acceptors (Lipinski definition) is 2. The molecule has 0 bridgehead atoms. The highest BCUT2D eigenvalue weighted by Crippen LogP contribution is 1.95. The van der Waals surface area contributed by atoms with E-state index in [-0.39, 0.29) is 0 Å². The third-order valence-corrected chi connectivity index (χ3v) is 1.27. The van der Waals surface area contributed by atoms with Crippen molar-refractivity contribution in [1.82, 2.24) is 5.32 Å². The van der Waals surface area contributed by atoms with E-state index in [4.69, 9.17) is 10.2 Å². The Morgan fingerprint density at radius 2 is 1.38 bits per heavy atom. The summed E-state index contributed by atoms with van der Waals surface area (Å²) in [5.41, 5.74) is 0. The molecule has 2 unspecified atom stereocenters. The smallest absolute Gasteiger partial charge is 0.326 e. The maximum Gasteiger partial charge on any atom is 0.326 e. The summed E-state index contributed by atoms with van der Waals surface area (Å²) in [6, 6.07) is -2.42. The van der Waals surface area contributed by atoms with Gasteiger partial charge in [-0.2, -0.15) is 0 Å². The Morgan fingerprint density at radius 1 is 1.08 bits per heavy atom. The Morgan fingerprint density at radius 3 is 1.54 bits per heavy atom. The van der Waals surface area contributed by atoms with E-state index in [1.807, 2.05) is 0 Å². The topological polar surface area (TPSA) is 88.7 Å². The first kappa shape index (κ1) is 11.4. The number of carboxylic acid groups (broad SMARTS) is 2. The number of rotatable bonds is 6. The van der Waals surface area contributed by atoms with Crippen LogP contribution in [0.4, 0.5) is 0 Å². The van der Waals surface area contributed by atoms with Crippen molar-refractivity contribution in [1.29, 1.82) is 0 Å². The molecule has 5 heteroatoms. The van der Waals surface area contributed by atoms with E-state index in [0.29, 0.717) is 0 Å². The van der Waals surface area contributed by atoms with Crippen LogP contribution < -0.4 is 5.32 Å². The first-order chi connectivity index (χ1) is 6.02. The summed E-state index contributed by atoms with van der Waals surface area (Å²) in [5.74, 6) is -2.47. The fourth-order valence-electron chi connectivity index (χ4n) is 0.624. The number of aliphatic carboxylic acids is 2. The average Bonchev–Trinajstić information content (AvgIpc) is 2.05. The minimum atomic E-state index is -1.23. The van der Waals surface area contributed by atoms with Crippen LogP contribution >= 0.6 is 0 Å². The number of carbonyl (C=O) groups is 2. The molecule has 2 N–H and O–H groups in total. The van der Waals surface area contributed by atoms with E-state index < -0.39 is 24.0 Å². The Balaban J connectivity index is 4.36.